The summed E-state index contributed by atoms with van der Waals surface area (Å²) < 4.78 is 39.1. The fourth-order valence-electron chi connectivity index (χ4n) is 1.97. The second-order valence-corrected chi connectivity index (χ2v) is 5.88. The molecule has 0 aliphatic heterocycles. The third-order valence-electron chi connectivity index (χ3n) is 2.92. The van der Waals surface area contributed by atoms with Gasteiger partial charge in [-0.1, -0.05) is 37.3 Å². The van der Waals surface area contributed by atoms with Crippen LogP contribution in [0.3, 0.4) is 0 Å². The molecule has 114 valence electrons. The number of hydrogen-bond acceptors (Lipinski definition) is 3. The maximum Gasteiger partial charge on any atom is 0.434 e. The first-order chi connectivity index (χ1) is 10.0. The van der Waals surface area contributed by atoms with Crippen molar-refractivity contribution in [3.05, 3.63) is 51.5 Å². The van der Waals surface area contributed by atoms with E-state index in [2.05, 4.69) is 10.3 Å². The molecule has 1 aromatic carbocycles. The van der Waals surface area contributed by atoms with Gasteiger partial charge in [-0.25, -0.2) is 4.98 Å². The van der Waals surface area contributed by atoms with Crippen LogP contribution in [0.25, 0.3) is 0 Å². The molecule has 2 rings (SSSR count). The Labute approximate surface area is 126 Å². The number of nitrogens with one attached hydrogen (secondary N) is 1. The average molecular weight is 314 g/mol. The lowest BCUT2D eigenvalue weighted by Gasteiger charge is -2.06. The monoisotopic (exact) mass is 314 g/mol. The maximum atomic E-state index is 13.0. The zero-order valence-corrected chi connectivity index (χ0v) is 12.5. The van der Waals surface area contributed by atoms with E-state index in [9.17, 15) is 13.2 Å². The molecule has 0 spiro atoms. The van der Waals surface area contributed by atoms with E-state index in [1.54, 1.807) is 0 Å². The van der Waals surface area contributed by atoms with Gasteiger partial charge in [-0.05, 0) is 18.5 Å². The van der Waals surface area contributed by atoms with Crippen LogP contribution in [0.2, 0.25) is 0 Å². The Morgan fingerprint density at radius 1 is 1.19 bits per heavy atom. The second kappa shape index (κ2) is 7.04. The minimum Gasteiger partial charge on any atom is -0.312 e. The first-order valence-corrected chi connectivity index (χ1v) is 7.62. The zero-order valence-electron chi connectivity index (χ0n) is 11.7. The van der Waals surface area contributed by atoms with Crippen molar-refractivity contribution in [3.63, 3.8) is 0 Å². The normalized spacial score (nSPS) is 11.8. The van der Waals surface area contributed by atoms with Gasteiger partial charge in [-0.2, -0.15) is 13.2 Å². The van der Waals surface area contributed by atoms with Crippen LogP contribution in [-0.4, -0.2) is 11.5 Å². The molecule has 1 aromatic heterocycles. The van der Waals surface area contributed by atoms with Crippen molar-refractivity contribution in [2.45, 2.75) is 32.5 Å². The lowest BCUT2D eigenvalue weighted by Crippen LogP contribution is -2.17. The van der Waals surface area contributed by atoms with Crippen molar-refractivity contribution in [1.82, 2.24) is 10.3 Å². The van der Waals surface area contributed by atoms with Crippen LogP contribution in [0, 0.1) is 0 Å². The van der Waals surface area contributed by atoms with Crippen LogP contribution in [0.1, 0.15) is 34.5 Å². The van der Waals surface area contributed by atoms with Crippen molar-refractivity contribution >= 4 is 11.3 Å². The SMILES string of the molecule is CCCNCc1sc(Cc2ccccc2)nc1C(F)(F)F. The maximum absolute atomic E-state index is 13.0. The molecule has 1 heterocycles. The molecule has 0 radical (unpaired) electrons. The van der Waals surface area contributed by atoms with E-state index >= 15 is 0 Å². The molecule has 2 aromatic rings. The Bertz CT molecular complexity index is 564. The summed E-state index contributed by atoms with van der Waals surface area (Å²) in [4.78, 5) is 4.07. The standard InChI is InChI=1S/C15H17F3N2S/c1-2-8-19-10-12-14(15(16,17)18)20-13(21-12)9-11-6-4-3-5-7-11/h3-7,19H,2,8-10H2,1H3. The lowest BCUT2D eigenvalue weighted by atomic mass is 10.2. The molecule has 1 N–H and O–H groups in total. The molecule has 6 heteroatoms. The number of halogens is 3. The molecular formula is C15H17F3N2S. The summed E-state index contributed by atoms with van der Waals surface area (Å²) in [6.45, 7) is 2.89. The number of thiazole rings is 1. The summed E-state index contributed by atoms with van der Waals surface area (Å²) in [6, 6.07) is 9.41. The van der Waals surface area contributed by atoms with Gasteiger partial charge in [0.15, 0.2) is 5.69 Å². The Kier molecular flexibility index (Phi) is 5.36. The third kappa shape index (κ3) is 4.54. The first-order valence-electron chi connectivity index (χ1n) is 6.81. The lowest BCUT2D eigenvalue weighted by molar-refractivity contribution is -0.141. The number of hydrogen-bond donors (Lipinski definition) is 1. The molecule has 0 aliphatic carbocycles. The van der Waals surface area contributed by atoms with Gasteiger partial charge in [0.25, 0.3) is 0 Å². The van der Waals surface area contributed by atoms with Crippen LogP contribution >= 0.6 is 11.3 Å². The predicted molar refractivity (Wildman–Crippen MR) is 78.4 cm³/mol. The van der Waals surface area contributed by atoms with Gasteiger partial charge in [0.05, 0.1) is 9.88 Å². The highest BCUT2D eigenvalue weighted by molar-refractivity contribution is 7.11. The number of nitrogens with zero attached hydrogens (tertiary/aromatic N) is 1. The molecule has 0 unspecified atom stereocenters. The molecule has 0 atom stereocenters. The summed E-state index contributed by atoms with van der Waals surface area (Å²) in [5.41, 5.74) is 0.218. The summed E-state index contributed by atoms with van der Waals surface area (Å²) in [6.07, 6.45) is -3.08. The van der Waals surface area contributed by atoms with Crippen molar-refractivity contribution < 1.29 is 13.2 Å². The second-order valence-electron chi connectivity index (χ2n) is 4.72. The minimum absolute atomic E-state index is 0.217. The summed E-state index contributed by atoms with van der Waals surface area (Å²) in [5.74, 6) is 0. The van der Waals surface area contributed by atoms with Crippen molar-refractivity contribution in [3.8, 4) is 0 Å². The van der Waals surface area contributed by atoms with Crippen LogP contribution in [0.15, 0.2) is 30.3 Å². The van der Waals surface area contributed by atoms with Crippen LogP contribution < -0.4 is 5.32 Å². The Morgan fingerprint density at radius 2 is 1.90 bits per heavy atom. The van der Waals surface area contributed by atoms with Crippen molar-refractivity contribution in [2.75, 3.05) is 6.54 Å². The van der Waals surface area contributed by atoms with E-state index in [1.807, 2.05) is 37.3 Å². The molecule has 0 amide bonds. The topological polar surface area (TPSA) is 24.9 Å². The van der Waals surface area contributed by atoms with Crippen LogP contribution in [0.4, 0.5) is 13.2 Å². The van der Waals surface area contributed by atoms with E-state index < -0.39 is 11.9 Å². The zero-order chi connectivity index (χ0) is 15.3. The Balaban J connectivity index is 2.19. The van der Waals surface area contributed by atoms with Gasteiger partial charge >= 0.3 is 6.18 Å². The average Bonchev–Trinajstić information content (AvgIpc) is 2.83. The fourth-order valence-corrected chi connectivity index (χ4v) is 3.06. The highest BCUT2D eigenvalue weighted by Crippen LogP contribution is 2.34. The molecule has 0 saturated heterocycles. The van der Waals surface area contributed by atoms with Crippen molar-refractivity contribution in [2.24, 2.45) is 0 Å². The summed E-state index contributed by atoms with van der Waals surface area (Å²) >= 11 is 1.14. The summed E-state index contributed by atoms with van der Waals surface area (Å²) in [7, 11) is 0. The molecule has 0 saturated carbocycles. The third-order valence-corrected chi connectivity index (χ3v) is 3.98. The Hall–Kier alpha value is -1.40. The molecule has 0 bridgehead atoms. The van der Waals surface area contributed by atoms with E-state index in [-0.39, 0.29) is 11.4 Å². The highest BCUT2D eigenvalue weighted by atomic mass is 32.1. The number of aromatic nitrogens is 1. The van der Waals surface area contributed by atoms with Crippen molar-refractivity contribution in [1.29, 1.82) is 0 Å². The largest absolute Gasteiger partial charge is 0.434 e. The van der Waals surface area contributed by atoms with Crippen LogP contribution in [0.5, 0.6) is 0 Å². The van der Waals surface area contributed by atoms with Gasteiger partial charge in [-0.15, -0.1) is 11.3 Å². The number of benzene rings is 1. The molecule has 0 fully saturated rings. The van der Waals surface area contributed by atoms with E-state index in [0.717, 1.165) is 23.3 Å². The predicted octanol–water partition coefficient (Wildman–Crippen LogP) is 4.25. The molecular weight excluding hydrogens is 297 g/mol. The Morgan fingerprint density at radius 3 is 2.52 bits per heavy atom. The first kappa shape index (κ1) is 16.0. The molecule has 0 aliphatic rings. The number of alkyl halides is 3. The smallest absolute Gasteiger partial charge is 0.312 e. The van der Waals surface area contributed by atoms with Gasteiger partial charge in [-0.3, -0.25) is 0 Å². The molecule has 2 nitrogen and oxygen atoms in total. The fraction of sp³-hybridized carbons (Fsp3) is 0.400. The molecule has 21 heavy (non-hydrogen) atoms. The van der Waals surface area contributed by atoms with Gasteiger partial charge in [0.2, 0.25) is 0 Å². The van der Waals surface area contributed by atoms with E-state index in [0.29, 0.717) is 18.0 Å². The van der Waals surface area contributed by atoms with Gasteiger partial charge in [0, 0.05) is 13.0 Å². The summed E-state index contributed by atoms with van der Waals surface area (Å²) in [5, 5.41) is 3.51. The number of rotatable bonds is 6. The highest BCUT2D eigenvalue weighted by Gasteiger charge is 2.37. The minimum atomic E-state index is -4.39. The van der Waals surface area contributed by atoms with E-state index in [1.165, 1.54) is 0 Å². The van der Waals surface area contributed by atoms with Gasteiger partial charge in [0.1, 0.15) is 0 Å². The van der Waals surface area contributed by atoms with Gasteiger partial charge < -0.3 is 5.32 Å². The van der Waals surface area contributed by atoms with Crippen LogP contribution in [-0.2, 0) is 19.1 Å². The quantitative estimate of drug-likeness (QED) is 0.806. The van der Waals surface area contributed by atoms with E-state index in [4.69, 9.17) is 0 Å².